The maximum atomic E-state index is 10.1. The fraction of sp³-hybridized carbons (Fsp3) is 0. The first kappa shape index (κ1) is 22.3. The summed E-state index contributed by atoms with van der Waals surface area (Å²) in [6, 6.07) is 46.3. The molecular weight excluding hydrogens is 488 g/mol. The number of benzene rings is 5. The predicted molar refractivity (Wildman–Crippen MR) is 163 cm³/mol. The molecule has 0 amide bonds. The van der Waals surface area contributed by atoms with E-state index in [1.807, 2.05) is 24.4 Å². The third-order valence-corrected chi connectivity index (χ3v) is 7.77. The summed E-state index contributed by atoms with van der Waals surface area (Å²) in [6.45, 7) is 0. The molecule has 0 unspecified atom stereocenters. The molecule has 0 N–H and O–H groups in total. The molecule has 0 aliphatic carbocycles. The summed E-state index contributed by atoms with van der Waals surface area (Å²) in [7, 11) is 0. The molecule has 3 aromatic heterocycles. The molecule has 8 aromatic rings. The first-order valence-electron chi connectivity index (χ1n) is 13.3. The second kappa shape index (κ2) is 8.69. The summed E-state index contributed by atoms with van der Waals surface area (Å²) < 4.78 is 4.49. The quantitative estimate of drug-likeness (QED) is 0.238. The van der Waals surface area contributed by atoms with Crippen LogP contribution < -0.4 is 0 Å². The highest BCUT2D eigenvalue weighted by atomic mass is 15.1. The van der Waals surface area contributed by atoms with Gasteiger partial charge >= 0.3 is 0 Å². The van der Waals surface area contributed by atoms with Gasteiger partial charge in [-0.1, -0.05) is 72.8 Å². The molecule has 5 aromatic carbocycles. The Bertz CT molecular complexity index is 2190. The van der Waals surface area contributed by atoms with Crippen LogP contribution in [0.2, 0.25) is 0 Å². The smallest absolute Gasteiger partial charge is 0.145 e. The van der Waals surface area contributed by atoms with E-state index in [9.17, 15) is 5.26 Å². The van der Waals surface area contributed by atoms with Gasteiger partial charge in [-0.25, -0.2) is 4.98 Å². The molecular formula is C36H22N4. The molecule has 3 heterocycles. The van der Waals surface area contributed by atoms with Crippen molar-refractivity contribution in [3.63, 3.8) is 0 Å². The highest BCUT2D eigenvalue weighted by Gasteiger charge is 2.18. The average molecular weight is 511 g/mol. The third kappa shape index (κ3) is 3.22. The Morgan fingerprint density at radius 2 is 1.02 bits per heavy atom. The van der Waals surface area contributed by atoms with E-state index in [4.69, 9.17) is 4.98 Å². The lowest BCUT2D eigenvalue weighted by molar-refractivity contribution is 1.08. The molecule has 4 heteroatoms. The normalized spacial score (nSPS) is 11.5. The van der Waals surface area contributed by atoms with Crippen LogP contribution in [-0.2, 0) is 0 Å². The zero-order valence-corrected chi connectivity index (χ0v) is 21.5. The molecule has 0 fully saturated rings. The van der Waals surface area contributed by atoms with E-state index in [1.165, 1.54) is 21.5 Å². The van der Waals surface area contributed by atoms with E-state index in [1.54, 1.807) is 0 Å². The van der Waals surface area contributed by atoms with Gasteiger partial charge in [0.2, 0.25) is 0 Å². The van der Waals surface area contributed by atoms with Crippen molar-refractivity contribution < 1.29 is 0 Å². The van der Waals surface area contributed by atoms with Crippen molar-refractivity contribution in [3.8, 4) is 28.7 Å². The third-order valence-electron chi connectivity index (χ3n) is 7.77. The summed E-state index contributed by atoms with van der Waals surface area (Å²) in [4.78, 5) is 4.92. The molecule has 0 aliphatic rings. The van der Waals surface area contributed by atoms with Gasteiger partial charge in [-0.2, -0.15) is 5.26 Å². The summed E-state index contributed by atoms with van der Waals surface area (Å²) in [5, 5.41) is 14.9. The molecule has 0 saturated carbocycles. The number of nitriles is 1. The molecule has 4 nitrogen and oxygen atoms in total. The zero-order valence-electron chi connectivity index (χ0n) is 21.5. The summed E-state index contributed by atoms with van der Waals surface area (Å²) in [6.07, 6.45) is 1.84. The second-order valence-corrected chi connectivity index (χ2v) is 9.99. The fourth-order valence-electron chi connectivity index (χ4n) is 6.11. The number of aromatic nitrogens is 3. The molecule has 40 heavy (non-hydrogen) atoms. The van der Waals surface area contributed by atoms with Gasteiger partial charge in [0.05, 0.1) is 33.7 Å². The van der Waals surface area contributed by atoms with E-state index in [0.29, 0.717) is 5.56 Å². The van der Waals surface area contributed by atoms with Gasteiger partial charge in [0, 0.05) is 39.0 Å². The molecule has 0 atom stereocenters. The Morgan fingerprint density at radius 3 is 1.55 bits per heavy atom. The van der Waals surface area contributed by atoms with Crippen molar-refractivity contribution in [3.05, 3.63) is 139 Å². The molecule has 0 bridgehead atoms. The van der Waals surface area contributed by atoms with Crippen LogP contribution in [0.4, 0.5) is 0 Å². The van der Waals surface area contributed by atoms with Crippen LogP contribution in [0.1, 0.15) is 5.56 Å². The number of pyridine rings is 1. The van der Waals surface area contributed by atoms with Crippen molar-refractivity contribution in [1.29, 1.82) is 5.26 Å². The van der Waals surface area contributed by atoms with Crippen molar-refractivity contribution >= 4 is 43.6 Å². The molecule has 8 rings (SSSR count). The minimum Gasteiger partial charge on any atom is -0.309 e. The summed E-state index contributed by atoms with van der Waals surface area (Å²) in [5.74, 6) is 0.836. The predicted octanol–water partition coefficient (Wildman–Crippen LogP) is 8.81. The van der Waals surface area contributed by atoms with Gasteiger partial charge in [-0.05, 0) is 60.2 Å². The van der Waals surface area contributed by atoms with Gasteiger partial charge in [0.25, 0.3) is 0 Å². The zero-order chi connectivity index (χ0) is 26.6. The van der Waals surface area contributed by atoms with Crippen LogP contribution in [0.3, 0.4) is 0 Å². The van der Waals surface area contributed by atoms with Crippen LogP contribution in [0.25, 0.3) is 66.2 Å². The molecule has 0 radical (unpaired) electrons. The van der Waals surface area contributed by atoms with Crippen molar-refractivity contribution in [2.24, 2.45) is 0 Å². The molecule has 0 saturated heterocycles. The van der Waals surface area contributed by atoms with E-state index in [2.05, 4.69) is 124 Å². The van der Waals surface area contributed by atoms with E-state index < -0.39 is 0 Å². The Kier molecular flexibility index (Phi) is 4.85. The number of rotatable bonds is 3. The lowest BCUT2D eigenvalue weighted by Crippen LogP contribution is -2.01. The minimum atomic E-state index is 0.603. The van der Waals surface area contributed by atoms with Crippen LogP contribution in [0.15, 0.2) is 134 Å². The van der Waals surface area contributed by atoms with Crippen LogP contribution in [0, 0.1) is 11.3 Å². The highest BCUT2D eigenvalue weighted by Crippen LogP contribution is 2.37. The monoisotopic (exact) mass is 510 g/mol. The SMILES string of the molecule is N#Cc1cc(-c2cccnc2-n2c3ccccc3c3ccccc32)cc(-n2c3ccccc3c3ccccc32)c1. The van der Waals surface area contributed by atoms with Gasteiger partial charge in [0.15, 0.2) is 0 Å². The first-order valence-corrected chi connectivity index (χ1v) is 13.3. The molecule has 186 valence electrons. The molecule has 0 spiro atoms. The maximum absolute atomic E-state index is 10.1. The Balaban J connectivity index is 1.43. The van der Waals surface area contributed by atoms with E-state index >= 15 is 0 Å². The summed E-state index contributed by atoms with van der Waals surface area (Å²) in [5.41, 5.74) is 7.88. The lowest BCUT2D eigenvalue weighted by atomic mass is 10.0. The minimum absolute atomic E-state index is 0.603. The fourth-order valence-corrected chi connectivity index (χ4v) is 6.11. The van der Waals surface area contributed by atoms with Gasteiger partial charge in [0.1, 0.15) is 5.82 Å². The maximum Gasteiger partial charge on any atom is 0.145 e. The van der Waals surface area contributed by atoms with E-state index in [-0.39, 0.29) is 0 Å². The van der Waals surface area contributed by atoms with Gasteiger partial charge in [-0.3, -0.25) is 4.57 Å². The number of fused-ring (bicyclic) bond motifs is 6. The van der Waals surface area contributed by atoms with Crippen molar-refractivity contribution in [2.75, 3.05) is 0 Å². The molecule has 0 aliphatic heterocycles. The number of para-hydroxylation sites is 4. The van der Waals surface area contributed by atoms with Gasteiger partial charge in [-0.15, -0.1) is 0 Å². The lowest BCUT2D eigenvalue weighted by Gasteiger charge is -2.15. The standard InChI is InChI=1S/C36H22N4/c37-23-24-20-25(22-26(21-24)39-32-15-5-1-10-28(32)29-11-2-6-16-33(29)39)27-14-9-19-38-36(27)40-34-17-7-3-12-30(34)31-13-4-8-18-35(31)40/h1-22H. The van der Waals surface area contributed by atoms with Gasteiger partial charge < -0.3 is 4.57 Å². The summed E-state index contributed by atoms with van der Waals surface area (Å²) >= 11 is 0. The average Bonchev–Trinajstić information content (AvgIpc) is 3.54. The highest BCUT2D eigenvalue weighted by molar-refractivity contribution is 6.10. The first-order chi connectivity index (χ1) is 19.8. The largest absolute Gasteiger partial charge is 0.309 e. The van der Waals surface area contributed by atoms with Crippen LogP contribution in [0.5, 0.6) is 0 Å². The number of nitrogens with zero attached hydrogens (tertiary/aromatic N) is 4. The number of hydrogen-bond donors (Lipinski definition) is 0. The van der Waals surface area contributed by atoms with E-state index in [0.717, 1.165) is 44.7 Å². The van der Waals surface area contributed by atoms with Crippen LogP contribution >= 0.6 is 0 Å². The number of hydrogen-bond acceptors (Lipinski definition) is 2. The Morgan fingerprint density at radius 1 is 0.525 bits per heavy atom. The van der Waals surface area contributed by atoms with Crippen molar-refractivity contribution in [1.82, 2.24) is 14.1 Å². The Hall–Kier alpha value is -5.66. The van der Waals surface area contributed by atoms with Crippen LogP contribution in [-0.4, -0.2) is 14.1 Å². The topological polar surface area (TPSA) is 46.5 Å². The van der Waals surface area contributed by atoms with Crippen molar-refractivity contribution in [2.45, 2.75) is 0 Å². The Labute approximate surface area is 230 Å². The second-order valence-electron chi connectivity index (χ2n) is 9.99.